The molecule has 1 atom stereocenters. The number of thiophene rings is 1. The van der Waals surface area contributed by atoms with Gasteiger partial charge in [0, 0.05) is 23.7 Å². The summed E-state index contributed by atoms with van der Waals surface area (Å²) in [4.78, 5) is 17.9. The molecule has 1 aromatic heterocycles. The van der Waals surface area contributed by atoms with Gasteiger partial charge in [0.05, 0.1) is 12.6 Å². The van der Waals surface area contributed by atoms with Gasteiger partial charge in [-0.15, -0.1) is 11.3 Å². The van der Waals surface area contributed by atoms with Crippen LogP contribution in [0.3, 0.4) is 0 Å². The monoisotopic (exact) mass is 332 g/mol. The summed E-state index contributed by atoms with van der Waals surface area (Å²) in [7, 11) is 0. The van der Waals surface area contributed by atoms with Crippen LogP contribution in [0.1, 0.15) is 30.7 Å². The number of amides is 1. The number of carbonyl (C=O) groups is 1. The van der Waals surface area contributed by atoms with Crippen molar-refractivity contribution in [1.29, 1.82) is 0 Å². The van der Waals surface area contributed by atoms with E-state index in [4.69, 9.17) is 0 Å². The van der Waals surface area contributed by atoms with E-state index in [0.717, 1.165) is 25.1 Å². The van der Waals surface area contributed by atoms with Gasteiger partial charge in [-0.3, -0.25) is 4.79 Å². The normalized spacial score (nSPS) is 17.5. The molecule has 23 heavy (non-hydrogen) atoms. The van der Waals surface area contributed by atoms with Gasteiger partial charge in [-0.05, 0) is 49.4 Å². The Hall–Kier alpha value is -1.88. The molecule has 1 saturated heterocycles. The van der Waals surface area contributed by atoms with Gasteiger partial charge in [0.15, 0.2) is 0 Å². The van der Waals surface area contributed by atoms with Crippen molar-refractivity contribution < 1.29 is 9.18 Å². The lowest BCUT2D eigenvalue weighted by atomic mass is 10.2. The molecule has 0 aliphatic carbocycles. The van der Waals surface area contributed by atoms with Gasteiger partial charge in [-0.1, -0.05) is 12.1 Å². The fourth-order valence-electron chi connectivity index (χ4n) is 3.15. The van der Waals surface area contributed by atoms with E-state index in [-0.39, 0.29) is 17.8 Å². The average molecular weight is 332 g/mol. The van der Waals surface area contributed by atoms with Crippen LogP contribution < -0.4 is 4.90 Å². The van der Waals surface area contributed by atoms with Crippen LogP contribution in [-0.4, -0.2) is 30.4 Å². The predicted octanol–water partition coefficient (Wildman–Crippen LogP) is 4.08. The number of benzene rings is 1. The first kappa shape index (κ1) is 16.0. The quantitative estimate of drug-likeness (QED) is 0.824. The lowest BCUT2D eigenvalue weighted by molar-refractivity contribution is -0.130. The van der Waals surface area contributed by atoms with E-state index in [0.29, 0.717) is 13.1 Å². The topological polar surface area (TPSA) is 23.6 Å². The number of likely N-dealkylation sites (tertiary alicyclic amines) is 1. The zero-order valence-electron chi connectivity index (χ0n) is 13.2. The lowest BCUT2D eigenvalue weighted by Gasteiger charge is -2.29. The third kappa shape index (κ3) is 3.55. The Morgan fingerprint density at radius 2 is 2.26 bits per heavy atom. The molecule has 0 spiro atoms. The minimum Gasteiger partial charge on any atom is -0.362 e. The summed E-state index contributed by atoms with van der Waals surface area (Å²) in [5, 5.41) is 2.06. The third-order valence-electron chi connectivity index (χ3n) is 4.33. The highest BCUT2D eigenvalue weighted by Crippen LogP contribution is 2.34. The molecule has 0 radical (unpaired) electrons. The molecule has 1 unspecified atom stereocenters. The first-order valence-corrected chi connectivity index (χ1v) is 8.90. The Morgan fingerprint density at radius 3 is 2.96 bits per heavy atom. The SMILES string of the molecule is CCN(CC(=O)N1CCCC1c1cccs1)c1cccc(F)c1. The second kappa shape index (κ2) is 7.13. The van der Waals surface area contributed by atoms with Crippen LogP contribution in [0.4, 0.5) is 10.1 Å². The number of nitrogens with zero attached hydrogens (tertiary/aromatic N) is 2. The van der Waals surface area contributed by atoms with E-state index >= 15 is 0 Å². The van der Waals surface area contributed by atoms with Gasteiger partial charge in [0.1, 0.15) is 5.82 Å². The number of likely N-dealkylation sites (N-methyl/N-ethyl adjacent to an activating group) is 1. The summed E-state index contributed by atoms with van der Waals surface area (Å²) in [6.07, 6.45) is 2.07. The van der Waals surface area contributed by atoms with Crippen molar-refractivity contribution in [2.45, 2.75) is 25.8 Å². The number of hydrogen-bond acceptors (Lipinski definition) is 3. The minimum atomic E-state index is -0.272. The standard InChI is InChI=1S/C18H21FN2OS/c1-2-20(15-7-3-6-14(19)12-15)13-18(22)21-10-4-8-16(21)17-9-5-11-23-17/h3,5-7,9,11-12,16H,2,4,8,10,13H2,1H3. The molecule has 122 valence electrons. The Labute approximate surface area is 140 Å². The molecule has 3 nitrogen and oxygen atoms in total. The predicted molar refractivity (Wildman–Crippen MR) is 92.3 cm³/mol. The molecule has 1 amide bonds. The van der Waals surface area contributed by atoms with Gasteiger partial charge >= 0.3 is 0 Å². The zero-order valence-corrected chi connectivity index (χ0v) is 14.1. The van der Waals surface area contributed by atoms with Crippen LogP contribution in [0.25, 0.3) is 0 Å². The smallest absolute Gasteiger partial charge is 0.242 e. The Morgan fingerprint density at radius 1 is 1.39 bits per heavy atom. The summed E-state index contributed by atoms with van der Waals surface area (Å²) in [6.45, 7) is 3.76. The summed E-state index contributed by atoms with van der Waals surface area (Å²) in [5.41, 5.74) is 0.757. The van der Waals surface area contributed by atoms with Crippen LogP contribution in [-0.2, 0) is 4.79 Å². The van der Waals surface area contributed by atoms with Crippen LogP contribution in [0.2, 0.25) is 0 Å². The number of carbonyl (C=O) groups excluding carboxylic acids is 1. The van der Waals surface area contributed by atoms with Crippen molar-refractivity contribution >= 4 is 22.9 Å². The van der Waals surface area contributed by atoms with E-state index in [2.05, 4.69) is 11.4 Å². The van der Waals surface area contributed by atoms with Crippen molar-refractivity contribution in [2.75, 3.05) is 24.5 Å². The lowest BCUT2D eigenvalue weighted by Crippen LogP contribution is -2.40. The molecular formula is C18H21FN2OS. The van der Waals surface area contributed by atoms with E-state index in [1.165, 1.54) is 17.0 Å². The highest BCUT2D eigenvalue weighted by atomic mass is 32.1. The first-order valence-electron chi connectivity index (χ1n) is 8.02. The van der Waals surface area contributed by atoms with Gasteiger partial charge in [-0.2, -0.15) is 0 Å². The molecular weight excluding hydrogens is 311 g/mol. The van der Waals surface area contributed by atoms with Crippen molar-refractivity contribution in [3.63, 3.8) is 0 Å². The van der Waals surface area contributed by atoms with Crippen LogP contribution >= 0.6 is 11.3 Å². The second-order valence-corrected chi connectivity index (χ2v) is 6.73. The zero-order chi connectivity index (χ0) is 16.2. The maximum Gasteiger partial charge on any atom is 0.242 e. The highest BCUT2D eigenvalue weighted by Gasteiger charge is 2.31. The molecule has 5 heteroatoms. The summed E-state index contributed by atoms with van der Waals surface area (Å²) in [5.74, 6) is -0.155. The van der Waals surface area contributed by atoms with Gasteiger partial charge in [-0.25, -0.2) is 4.39 Å². The number of halogens is 1. The molecule has 3 rings (SSSR count). The van der Waals surface area contributed by atoms with Gasteiger partial charge in [0.25, 0.3) is 0 Å². The third-order valence-corrected chi connectivity index (χ3v) is 5.30. The first-order chi connectivity index (χ1) is 11.2. The minimum absolute atomic E-state index is 0.118. The van der Waals surface area contributed by atoms with Crippen molar-refractivity contribution in [1.82, 2.24) is 4.90 Å². The van der Waals surface area contributed by atoms with E-state index in [1.54, 1.807) is 17.4 Å². The highest BCUT2D eigenvalue weighted by molar-refractivity contribution is 7.10. The summed E-state index contributed by atoms with van der Waals surface area (Å²) >= 11 is 1.71. The summed E-state index contributed by atoms with van der Waals surface area (Å²) in [6, 6.07) is 10.8. The fraction of sp³-hybridized carbons (Fsp3) is 0.389. The van der Waals surface area contributed by atoms with Gasteiger partial charge in [0.2, 0.25) is 5.91 Å². The van der Waals surface area contributed by atoms with Crippen molar-refractivity contribution in [2.24, 2.45) is 0 Å². The molecule has 1 aliphatic rings. The van der Waals surface area contributed by atoms with E-state index in [9.17, 15) is 9.18 Å². The fourth-order valence-corrected chi connectivity index (χ4v) is 4.03. The number of rotatable bonds is 5. The molecule has 0 bridgehead atoms. The number of hydrogen-bond donors (Lipinski definition) is 0. The maximum absolute atomic E-state index is 13.4. The molecule has 2 heterocycles. The number of anilines is 1. The van der Waals surface area contributed by atoms with Crippen LogP contribution in [0.5, 0.6) is 0 Å². The Balaban J connectivity index is 1.72. The molecule has 1 aliphatic heterocycles. The molecule has 1 aromatic carbocycles. The largest absolute Gasteiger partial charge is 0.362 e. The maximum atomic E-state index is 13.4. The van der Waals surface area contributed by atoms with E-state index < -0.39 is 0 Å². The second-order valence-electron chi connectivity index (χ2n) is 5.75. The van der Waals surface area contributed by atoms with Crippen molar-refractivity contribution in [3.05, 3.63) is 52.5 Å². The van der Waals surface area contributed by atoms with Gasteiger partial charge < -0.3 is 9.80 Å². The molecule has 0 saturated carbocycles. The van der Waals surface area contributed by atoms with E-state index in [1.807, 2.05) is 28.9 Å². The van der Waals surface area contributed by atoms with Crippen LogP contribution in [0.15, 0.2) is 41.8 Å². The average Bonchev–Trinajstić information content (AvgIpc) is 3.22. The Kier molecular flexibility index (Phi) is 4.96. The molecule has 2 aromatic rings. The molecule has 0 N–H and O–H groups in total. The Bertz CT molecular complexity index is 659. The van der Waals surface area contributed by atoms with Crippen molar-refractivity contribution in [3.8, 4) is 0 Å². The summed E-state index contributed by atoms with van der Waals surface area (Å²) < 4.78 is 13.4. The molecule has 1 fully saturated rings. The van der Waals surface area contributed by atoms with Crippen LogP contribution in [0, 0.1) is 5.82 Å².